The topological polar surface area (TPSA) is 0 Å². The van der Waals surface area contributed by atoms with Gasteiger partial charge in [0.2, 0.25) is 0 Å². The molecule has 4 atom stereocenters. The molecule has 2 saturated heterocycles. The molecule has 0 aromatic rings. The van der Waals surface area contributed by atoms with E-state index in [1.165, 1.54) is 10.6 Å². The van der Waals surface area contributed by atoms with Gasteiger partial charge >= 0.3 is 103 Å². The van der Waals surface area contributed by atoms with Crippen LogP contribution in [0.2, 0.25) is 10.6 Å². The Morgan fingerprint density at radius 1 is 1.08 bits per heavy atom. The Balaban J connectivity index is 2.06. The van der Waals surface area contributed by atoms with Crippen LogP contribution in [-0.4, -0.2) is 48.2 Å². The normalized spacial score (nSPS) is 51.5. The van der Waals surface area contributed by atoms with Gasteiger partial charge in [-0.2, -0.15) is 0 Å². The second-order valence-electron chi connectivity index (χ2n) is 3.74. The molecular weight excluding hydrogens is 330 g/mol. The van der Waals surface area contributed by atoms with E-state index >= 15 is 0 Å². The molecule has 0 aromatic heterocycles. The molecule has 2 fully saturated rings. The van der Waals surface area contributed by atoms with Crippen molar-refractivity contribution in [3.8, 4) is 0 Å². The first kappa shape index (κ1) is 11.2. The molecule has 1 spiro atoms. The van der Waals surface area contributed by atoms with Gasteiger partial charge < -0.3 is 0 Å². The summed E-state index contributed by atoms with van der Waals surface area (Å²) in [6.45, 7) is 7.31. The molecule has 4 heteroatoms. The molecular formula is C9H16S2Se2. The Morgan fingerprint density at radius 2 is 1.69 bits per heavy atom. The van der Waals surface area contributed by atoms with Crippen molar-refractivity contribution in [2.45, 2.75) is 49.7 Å². The van der Waals surface area contributed by atoms with E-state index in [1.807, 2.05) is 0 Å². The van der Waals surface area contributed by atoms with Crippen molar-refractivity contribution in [1.82, 2.24) is 0 Å². The predicted molar refractivity (Wildman–Crippen MR) is 67.4 cm³/mol. The Labute approximate surface area is 102 Å². The summed E-state index contributed by atoms with van der Waals surface area (Å²) >= 11 is 6.44. The van der Waals surface area contributed by atoms with Gasteiger partial charge in [0.1, 0.15) is 0 Å². The summed E-state index contributed by atoms with van der Waals surface area (Å²) in [5.74, 6) is 0. The van der Waals surface area contributed by atoms with Gasteiger partial charge in [0.15, 0.2) is 0 Å². The van der Waals surface area contributed by atoms with Gasteiger partial charge in [-0.15, -0.1) is 0 Å². The minimum absolute atomic E-state index is 0.788. The zero-order valence-electron chi connectivity index (χ0n) is 8.28. The van der Waals surface area contributed by atoms with E-state index in [0.29, 0.717) is 0 Å². The fourth-order valence-corrected chi connectivity index (χ4v) is 16.1. The van der Waals surface area contributed by atoms with Crippen molar-refractivity contribution in [2.75, 3.05) is 0 Å². The molecule has 0 radical (unpaired) electrons. The van der Waals surface area contributed by atoms with Gasteiger partial charge in [-0.25, -0.2) is 0 Å². The third-order valence-electron chi connectivity index (χ3n) is 2.34. The van der Waals surface area contributed by atoms with Crippen molar-refractivity contribution in [1.29, 1.82) is 0 Å². The van der Waals surface area contributed by atoms with Crippen LogP contribution < -0.4 is 0 Å². The van der Waals surface area contributed by atoms with E-state index in [0.717, 1.165) is 48.2 Å². The number of thioether (sulfide) groups is 2. The first-order valence-corrected chi connectivity index (χ1v) is 10.7. The fourth-order valence-electron chi connectivity index (χ4n) is 1.69. The summed E-state index contributed by atoms with van der Waals surface area (Å²) in [7, 11) is 0. The zero-order chi connectivity index (χ0) is 9.47. The molecule has 0 aromatic carbocycles. The van der Waals surface area contributed by atoms with E-state index in [2.05, 4.69) is 44.3 Å². The average Bonchev–Trinajstić information content (AvgIpc) is 2.43. The second-order valence-corrected chi connectivity index (χ2v) is 15.0. The van der Waals surface area contributed by atoms with E-state index in [9.17, 15) is 0 Å². The van der Waals surface area contributed by atoms with E-state index in [1.54, 1.807) is 0 Å². The van der Waals surface area contributed by atoms with Crippen LogP contribution in [0.25, 0.3) is 0 Å². The van der Waals surface area contributed by atoms with Crippen LogP contribution in [0.1, 0.15) is 20.8 Å². The maximum atomic E-state index is 2.48. The first-order chi connectivity index (χ1) is 6.12. The van der Waals surface area contributed by atoms with E-state index < -0.39 is 0 Å². The Kier molecular flexibility index (Phi) is 3.73. The summed E-state index contributed by atoms with van der Waals surface area (Å²) in [4.78, 5) is 0. The number of hydrogen-bond donors (Lipinski definition) is 0. The zero-order valence-corrected chi connectivity index (χ0v) is 13.3. The van der Waals surface area contributed by atoms with Crippen LogP contribution in [-0.2, 0) is 0 Å². The molecule has 0 aliphatic carbocycles. The quantitative estimate of drug-likeness (QED) is 0.619. The third-order valence-corrected chi connectivity index (χ3v) is 17.7. The second kappa shape index (κ2) is 4.31. The Bertz CT molecular complexity index is 200. The van der Waals surface area contributed by atoms with Crippen molar-refractivity contribution < 1.29 is 0 Å². The SMILES string of the molecule is CC1C[Se]C2(SC(C)C[Se]2)C(C)S1. The molecule has 0 amide bonds. The van der Waals surface area contributed by atoms with Gasteiger partial charge in [-0.3, -0.25) is 0 Å². The van der Waals surface area contributed by atoms with Gasteiger partial charge in [-0.1, -0.05) is 0 Å². The first-order valence-electron chi connectivity index (χ1n) is 4.73. The van der Waals surface area contributed by atoms with E-state index in [4.69, 9.17) is 0 Å². The molecule has 2 aliphatic heterocycles. The van der Waals surface area contributed by atoms with Crippen LogP contribution in [0.15, 0.2) is 0 Å². The maximum absolute atomic E-state index is 2.48. The fraction of sp³-hybridized carbons (Fsp3) is 1.00. The van der Waals surface area contributed by atoms with Crippen LogP contribution >= 0.6 is 23.5 Å². The summed E-state index contributed by atoms with van der Waals surface area (Å²) in [5, 5.41) is 5.87. The summed E-state index contributed by atoms with van der Waals surface area (Å²) < 4.78 is 0.788. The predicted octanol–water partition coefficient (Wildman–Crippen LogP) is 2.54. The van der Waals surface area contributed by atoms with Crippen molar-refractivity contribution in [2.24, 2.45) is 0 Å². The van der Waals surface area contributed by atoms with Gasteiger partial charge in [0.05, 0.1) is 0 Å². The molecule has 0 saturated carbocycles. The van der Waals surface area contributed by atoms with E-state index in [-0.39, 0.29) is 0 Å². The average molecular weight is 346 g/mol. The summed E-state index contributed by atoms with van der Waals surface area (Å²) in [5.41, 5.74) is 0. The van der Waals surface area contributed by atoms with Gasteiger partial charge in [-0.05, 0) is 0 Å². The molecule has 13 heavy (non-hydrogen) atoms. The van der Waals surface area contributed by atoms with Crippen LogP contribution in [0, 0.1) is 0 Å². The molecule has 2 rings (SSSR count). The van der Waals surface area contributed by atoms with Crippen LogP contribution in [0.3, 0.4) is 0 Å². The Hall–Kier alpha value is 1.74. The standard InChI is InChI=1S/C9H16S2Se2/c1-6-4-12-9(8(3)10-6)11-7(2)5-13-9/h6-8H,4-5H2,1-3H3. The minimum atomic E-state index is 0.788. The molecule has 4 unspecified atom stereocenters. The summed E-state index contributed by atoms with van der Waals surface area (Å²) in [6, 6.07) is 0. The molecule has 0 N–H and O–H groups in total. The molecule has 0 bridgehead atoms. The van der Waals surface area contributed by atoms with Crippen molar-refractivity contribution >= 4 is 53.4 Å². The third kappa shape index (κ3) is 2.29. The molecule has 76 valence electrons. The van der Waals surface area contributed by atoms with Crippen molar-refractivity contribution in [3.05, 3.63) is 0 Å². The summed E-state index contributed by atoms with van der Waals surface area (Å²) in [6.07, 6.45) is 0. The Morgan fingerprint density at radius 3 is 2.23 bits per heavy atom. The van der Waals surface area contributed by atoms with Crippen LogP contribution in [0.4, 0.5) is 0 Å². The van der Waals surface area contributed by atoms with Gasteiger partial charge in [0.25, 0.3) is 0 Å². The molecule has 0 nitrogen and oxygen atoms in total. The van der Waals surface area contributed by atoms with Crippen molar-refractivity contribution in [3.63, 3.8) is 0 Å². The van der Waals surface area contributed by atoms with Gasteiger partial charge in [0, 0.05) is 0 Å². The number of rotatable bonds is 0. The van der Waals surface area contributed by atoms with Crippen LogP contribution in [0.5, 0.6) is 0 Å². The molecule has 2 aliphatic rings. The monoisotopic (exact) mass is 348 g/mol. The molecule has 2 heterocycles. The number of hydrogen-bond acceptors (Lipinski definition) is 2.